The number of H-pyrrole nitrogens is 1. The van der Waals surface area contributed by atoms with Crippen molar-refractivity contribution in [3.05, 3.63) is 30.5 Å². The van der Waals surface area contributed by atoms with Crippen LogP contribution < -0.4 is 0 Å². The lowest BCUT2D eigenvalue weighted by atomic mass is 10.3. The molecule has 0 aliphatic carbocycles. The molecule has 3 nitrogen and oxygen atoms in total. The zero-order chi connectivity index (χ0) is 8.10. The van der Waals surface area contributed by atoms with Crippen LogP contribution in [0.1, 0.15) is 1.43 Å². The first kappa shape index (κ1) is 7.47. The van der Waals surface area contributed by atoms with Gasteiger partial charge < -0.3 is 4.79 Å². The molecule has 0 amide bonds. The molecule has 0 fully saturated rings. The first-order valence-electron chi connectivity index (χ1n) is 3.14. The molecule has 0 aliphatic rings. The van der Waals surface area contributed by atoms with E-state index in [4.69, 9.17) is 4.79 Å². The number of nitrogens with zero attached hydrogens (tertiary/aromatic N) is 1. The van der Waals surface area contributed by atoms with E-state index in [2.05, 4.69) is 10.2 Å². The minimum absolute atomic E-state index is 0. The van der Waals surface area contributed by atoms with Crippen molar-refractivity contribution in [1.29, 1.82) is 0 Å². The molecule has 0 saturated carbocycles. The highest BCUT2D eigenvalue weighted by Gasteiger charge is 1.88. The summed E-state index contributed by atoms with van der Waals surface area (Å²) >= 11 is 0. The summed E-state index contributed by atoms with van der Waals surface area (Å²) in [6.45, 7) is 2.00. The van der Waals surface area contributed by atoms with E-state index in [0.29, 0.717) is 0 Å². The van der Waals surface area contributed by atoms with E-state index in [9.17, 15) is 0 Å². The third-order valence-corrected chi connectivity index (χ3v) is 1.35. The molecular formula is C8H9N2O+. The summed E-state index contributed by atoms with van der Waals surface area (Å²) in [7, 11) is 0. The Kier molecular flexibility index (Phi) is 2.38. The van der Waals surface area contributed by atoms with Gasteiger partial charge in [-0.15, -0.1) is 0 Å². The summed E-state index contributed by atoms with van der Waals surface area (Å²) in [4.78, 5) is 8.00. The summed E-state index contributed by atoms with van der Waals surface area (Å²) in [6, 6.07) is 8.01. The van der Waals surface area contributed by atoms with Crippen LogP contribution in [0.5, 0.6) is 0 Å². The lowest BCUT2D eigenvalue weighted by Gasteiger charge is -1.81. The molecule has 2 rings (SSSR count). The molecule has 0 saturated heterocycles. The van der Waals surface area contributed by atoms with Crippen LogP contribution >= 0.6 is 0 Å². The standard InChI is InChI=1S/C7H6N2.CH2O/c1-2-4-7-6(3-1)5-8-9-7;1-2/h1-5H,(H,8,9);1H2/p+1. The summed E-state index contributed by atoms with van der Waals surface area (Å²) in [6.07, 6.45) is 1.81. The van der Waals surface area contributed by atoms with Crippen molar-refractivity contribution in [2.75, 3.05) is 0 Å². The van der Waals surface area contributed by atoms with Gasteiger partial charge in [0.1, 0.15) is 6.79 Å². The lowest BCUT2D eigenvalue weighted by Crippen LogP contribution is -1.63. The van der Waals surface area contributed by atoms with Crippen LogP contribution in [0.4, 0.5) is 0 Å². The molecule has 1 aromatic carbocycles. The maximum Gasteiger partial charge on any atom is 1.00 e. The monoisotopic (exact) mass is 149 g/mol. The SMILES string of the molecule is C=O.[H+].c1ccc2[nH]ncc2c1. The second kappa shape index (κ2) is 3.51. The van der Waals surface area contributed by atoms with Crippen molar-refractivity contribution in [3.63, 3.8) is 0 Å². The van der Waals surface area contributed by atoms with Crippen LogP contribution in [0.2, 0.25) is 0 Å². The summed E-state index contributed by atoms with van der Waals surface area (Å²) in [5, 5.41) is 7.91. The van der Waals surface area contributed by atoms with Gasteiger partial charge in [0.2, 0.25) is 0 Å². The predicted octanol–water partition coefficient (Wildman–Crippen LogP) is 1.49. The molecule has 2 aromatic rings. The predicted molar refractivity (Wildman–Crippen MR) is 44.3 cm³/mol. The van der Waals surface area contributed by atoms with E-state index in [1.165, 1.54) is 0 Å². The third-order valence-electron chi connectivity index (χ3n) is 1.35. The zero-order valence-electron chi connectivity index (χ0n) is 6.95. The number of carbonyl (C=O) groups is 1. The van der Waals surface area contributed by atoms with Crippen LogP contribution in [-0.4, -0.2) is 17.0 Å². The second-order valence-electron chi connectivity index (χ2n) is 1.96. The smallest absolute Gasteiger partial charge is 0.307 e. The van der Waals surface area contributed by atoms with Crippen molar-refractivity contribution < 1.29 is 6.22 Å². The molecule has 0 aliphatic heterocycles. The molecule has 0 atom stereocenters. The molecule has 11 heavy (non-hydrogen) atoms. The van der Waals surface area contributed by atoms with E-state index < -0.39 is 0 Å². The van der Waals surface area contributed by atoms with Gasteiger partial charge in [-0.05, 0) is 6.07 Å². The van der Waals surface area contributed by atoms with Crippen molar-refractivity contribution in [3.8, 4) is 0 Å². The quantitative estimate of drug-likeness (QED) is 0.616. The van der Waals surface area contributed by atoms with Crippen LogP contribution in [0, 0.1) is 0 Å². The van der Waals surface area contributed by atoms with Crippen LogP contribution in [0.15, 0.2) is 30.5 Å². The number of aromatic nitrogens is 2. The highest BCUT2D eigenvalue weighted by Crippen LogP contribution is 2.06. The Balaban J connectivity index is 0.000000378. The Morgan fingerprint density at radius 2 is 2.09 bits per heavy atom. The maximum atomic E-state index is 8.00. The lowest BCUT2D eigenvalue weighted by molar-refractivity contribution is -0.0979. The van der Waals surface area contributed by atoms with Gasteiger partial charge in [-0.25, -0.2) is 0 Å². The highest BCUT2D eigenvalue weighted by molar-refractivity contribution is 5.77. The normalized spacial score (nSPS) is 8.73. The Labute approximate surface area is 65.5 Å². The summed E-state index contributed by atoms with van der Waals surface area (Å²) in [5.74, 6) is 0. The average Bonchev–Trinajstić information content (AvgIpc) is 2.55. The van der Waals surface area contributed by atoms with Gasteiger partial charge in [-0.3, -0.25) is 5.10 Å². The fourth-order valence-electron chi connectivity index (χ4n) is 0.883. The number of hydrogen-bond donors (Lipinski definition) is 1. The largest absolute Gasteiger partial charge is 1.00 e. The van der Waals surface area contributed by atoms with Crippen molar-refractivity contribution in [2.24, 2.45) is 0 Å². The molecule has 3 heteroatoms. The van der Waals surface area contributed by atoms with Crippen LogP contribution in [-0.2, 0) is 4.79 Å². The first-order chi connectivity index (χ1) is 5.47. The van der Waals surface area contributed by atoms with E-state index in [1.807, 2.05) is 37.3 Å². The van der Waals surface area contributed by atoms with Crippen molar-refractivity contribution in [2.45, 2.75) is 0 Å². The molecule has 0 radical (unpaired) electrons. The van der Waals surface area contributed by atoms with E-state index in [0.717, 1.165) is 10.9 Å². The maximum absolute atomic E-state index is 8.00. The van der Waals surface area contributed by atoms with E-state index in [1.54, 1.807) is 0 Å². The third kappa shape index (κ3) is 1.43. The van der Waals surface area contributed by atoms with Gasteiger partial charge in [0.15, 0.2) is 0 Å². The average molecular weight is 149 g/mol. The van der Waals surface area contributed by atoms with E-state index >= 15 is 0 Å². The van der Waals surface area contributed by atoms with Gasteiger partial charge in [-0.2, -0.15) is 5.10 Å². The highest BCUT2D eigenvalue weighted by atomic mass is 16.1. The molecule has 0 unspecified atom stereocenters. The molecule has 0 bridgehead atoms. The molecule has 1 heterocycles. The number of fused-ring (bicyclic) bond motifs is 1. The van der Waals surface area contributed by atoms with E-state index in [-0.39, 0.29) is 1.43 Å². The molecule has 1 N–H and O–H groups in total. The number of carbonyl (C=O) groups excluding carboxylic acids is 1. The first-order valence-corrected chi connectivity index (χ1v) is 3.14. The Morgan fingerprint density at radius 3 is 2.82 bits per heavy atom. The van der Waals surface area contributed by atoms with Gasteiger partial charge in [-0.1, -0.05) is 18.2 Å². The molecule has 56 valence electrons. The Hall–Kier alpha value is -1.64. The van der Waals surface area contributed by atoms with Gasteiger partial charge >= 0.3 is 1.43 Å². The molecular weight excluding hydrogens is 140 g/mol. The van der Waals surface area contributed by atoms with Gasteiger partial charge in [0, 0.05) is 5.39 Å². The number of rotatable bonds is 0. The van der Waals surface area contributed by atoms with Crippen molar-refractivity contribution in [1.82, 2.24) is 10.2 Å². The Morgan fingerprint density at radius 1 is 1.36 bits per heavy atom. The number of nitrogens with one attached hydrogen (secondary N) is 1. The molecule has 1 aromatic heterocycles. The summed E-state index contributed by atoms with van der Waals surface area (Å²) < 4.78 is 0. The minimum atomic E-state index is 0. The fourth-order valence-corrected chi connectivity index (χ4v) is 0.883. The topological polar surface area (TPSA) is 45.8 Å². The van der Waals surface area contributed by atoms with Gasteiger partial charge in [0.25, 0.3) is 0 Å². The number of hydrogen-bond acceptors (Lipinski definition) is 2. The fraction of sp³-hybridized carbons (Fsp3) is 0. The molecule has 0 spiro atoms. The second-order valence-corrected chi connectivity index (χ2v) is 1.96. The van der Waals surface area contributed by atoms with Crippen molar-refractivity contribution >= 4 is 17.7 Å². The van der Waals surface area contributed by atoms with Crippen LogP contribution in [0.25, 0.3) is 10.9 Å². The number of para-hydroxylation sites is 1. The van der Waals surface area contributed by atoms with Gasteiger partial charge in [0.05, 0.1) is 11.7 Å². The van der Waals surface area contributed by atoms with Crippen LogP contribution in [0.3, 0.4) is 0 Å². The Bertz CT molecular complexity index is 304. The summed E-state index contributed by atoms with van der Waals surface area (Å²) in [5.41, 5.74) is 1.09. The number of aromatic amines is 1. The zero-order valence-corrected chi connectivity index (χ0v) is 5.95. The number of benzene rings is 1. The minimum Gasteiger partial charge on any atom is -0.307 e.